The molecule has 0 bridgehead atoms. The predicted octanol–water partition coefficient (Wildman–Crippen LogP) is 7.56. The number of rotatable bonds is 12. The first-order chi connectivity index (χ1) is 19.2. The molecule has 0 heterocycles. The summed E-state index contributed by atoms with van der Waals surface area (Å²) < 4.78 is 5.51. The van der Waals surface area contributed by atoms with Crippen molar-refractivity contribution in [1.29, 1.82) is 0 Å². The number of alkyl carbamates (subject to hydrolysis) is 1. The Morgan fingerprint density at radius 2 is 1.41 bits per heavy atom. The zero-order valence-corrected chi connectivity index (χ0v) is 26.8. The molecule has 3 amide bonds. The van der Waals surface area contributed by atoms with E-state index in [-0.39, 0.29) is 17.7 Å². The second-order valence-corrected chi connectivity index (χ2v) is 12.5. The minimum absolute atomic E-state index is 0.124. The van der Waals surface area contributed by atoms with Gasteiger partial charge in [0, 0.05) is 12.2 Å². The molecule has 2 N–H and O–H groups in total. The van der Waals surface area contributed by atoms with Gasteiger partial charge < -0.3 is 20.3 Å². The van der Waals surface area contributed by atoms with Gasteiger partial charge in [0.1, 0.15) is 17.7 Å². The Hall–Kier alpha value is -3.35. The molecule has 0 radical (unpaired) electrons. The van der Waals surface area contributed by atoms with Crippen molar-refractivity contribution in [2.24, 2.45) is 5.92 Å². The fraction of sp³-hybridized carbons (Fsp3) is 0.559. The summed E-state index contributed by atoms with van der Waals surface area (Å²) in [4.78, 5) is 43.3. The fourth-order valence-electron chi connectivity index (χ4n) is 5.13. The maximum atomic E-state index is 14.5. The maximum Gasteiger partial charge on any atom is 0.408 e. The number of carbonyl (C=O) groups is 3. The summed E-state index contributed by atoms with van der Waals surface area (Å²) in [5, 5.41) is 6.00. The van der Waals surface area contributed by atoms with Gasteiger partial charge in [-0.15, -0.1) is 0 Å². The molecule has 0 fully saturated rings. The number of amides is 3. The molecule has 2 aromatic rings. The lowest BCUT2D eigenvalue weighted by Crippen LogP contribution is -2.53. The smallest absolute Gasteiger partial charge is 0.408 e. The molecule has 0 saturated heterocycles. The summed E-state index contributed by atoms with van der Waals surface area (Å²) >= 11 is 0. The van der Waals surface area contributed by atoms with E-state index in [1.54, 1.807) is 25.7 Å². The third kappa shape index (κ3) is 9.91. The lowest BCUT2D eigenvalue weighted by Gasteiger charge is -2.36. The maximum absolute atomic E-state index is 14.5. The average molecular weight is 566 g/mol. The lowest BCUT2D eigenvalue weighted by atomic mass is 9.92. The largest absolute Gasteiger partial charge is 0.444 e. The first-order valence-corrected chi connectivity index (χ1v) is 14.9. The lowest BCUT2D eigenvalue weighted by molar-refractivity contribution is -0.141. The Labute approximate surface area is 247 Å². The molecule has 226 valence electrons. The van der Waals surface area contributed by atoms with Crippen molar-refractivity contribution in [1.82, 2.24) is 10.2 Å². The molecule has 7 nitrogen and oxygen atoms in total. The Morgan fingerprint density at radius 1 is 0.878 bits per heavy atom. The van der Waals surface area contributed by atoms with Crippen LogP contribution in [0.4, 0.5) is 10.5 Å². The van der Waals surface area contributed by atoms with Crippen molar-refractivity contribution >= 4 is 23.6 Å². The summed E-state index contributed by atoms with van der Waals surface area (Å²) in [6.45, 7) is 19.7. The van der Waals surface area contributed by atoms with Crippen molar-refractivity contribution in [3.05, 3.63) is 64.2 Å². The average Bonchev–Trinajstić information content (AvgIpc) is 2.85. The molecule has 2 aromatic carbocycles. The quantitative estimate of drug-likeness (QED) is 0.260. The van der Waals surface area contributed by atoms with Gasteiger partial charge in [-0.2, -0.15) is 0 Å². The van der Waals surface area contributed by atoms with Crippen molar-refractivity contribution < 1.29 is 19.1 Å². The Bertz CT molecular complexity index is 1160. The van der Waals surface area contributed by atoms with Crippen LogP contribution in [0.25, 0.3) is 0 Å². The monoisotopic (exact) mass is 565 g/mol. The second-order valence-electron chi connectivity index (χ2n) is 12.5. The Morgan fingerprint density at radius 3 is 1.90 bits per heavy atom. The number of unbranched alkanes of at least 4 members (excludes halogenated alkanes) is 2. The van der Waals surface area contributed by atoms with Crippen LogP contribution in [-0.2, 0) is 14.3 Å². The first-order valence-electron chi connectivity index (χ1n) is 14.9. The van der Waals surface area contributed by atoms with E-state index in [1.807, 2.05) is 77.9 Å². The van der Waals surface area contributed by atoms with Gasteiger partial charge in [-0.3, -0.25) is 9.59 Å². The summed E-state index contributed by atoms with van der Waals surface area (Å²) in [5.41, 5.74) is 4.61. The van der Waals surface area contributed by atoms with Gasteiger partial charge in [0.25, 0.3) is 5.91 Å². The highest BCUT2D eigenvalue weighted by Crippen LogP contribution is 2.32. The minimum atomic E-state index is -0.880. The number of ether oxygens (including phenoxy) is 1. The zero-order chi connectivity index (χ0) is 30.9. The van der Waals surface area contributed by atoms with E-state index in [0.29, 0.717) is 13.0 Å². The van der Waals surface area contributed by atoms with Crippen LogP contribution in [0.5, 0.6) is 0 Å². The topological polar surface area (TPSA) is 87.7 Å². The number of nitrogens with zero attached hydrogens (tertiary/aromatic N) is 1. The van der Waals surface area contributed by atoms with Crippen LogP contribution in [0.15, 0.2) is 36.4 Å². The summed E-state index contributed by atoms with van der Waals surface area (Å²) in [5.74, 6) is -0.436. The van der Waals surface area contributed by atoms with Crippen LogP contribution in [-0.4, -0.2) is 41.0 Å². The molecule has 7 heteroatoms. The van der Waals surface area contributed by atoms with Crippen LogP contribution < -0.4 is 10.6 Å². The molecule has 0 aliphatic heterocycles. The van der Waals surface area contributed by atoms with E-state index >= 15 is 0 Å². The van der Waals surface area contributed by atoms with Gasteiger partial charge in [0.05, 0.1) is 0 Å². The SMILES string of the molecule is CCCCCN(C(=O)C(CC(C)C)NC(=O)OC(C)(C)C)C(C(=O)Nc1c(C)cccc1C)c1c(C)cccc1C. The van der Waals surface area contributed by atoms with Crippen molar-refractivity contribution in [2.75, 3.05) is 11.9 Å². The van der Waals surface area contributed by atoms with Gasteiger partial charge in [-0.1, -0.05) is 70.0 Å². The van der Waals surface area contributed by atoms with Gasteiger partial charge in [0.2, 0.25) is 5.91 Å². The van der Waals surface area contributed by atoms with Crippen LogP contribution >= 0.6 is 0 Å². The summed E-state index contributed by atoms with van der Waals surface area (Å²) in [6.07, 6.45) is 2.39. The zero-order valence-electron chi connectivity index (χ0n) is 26.8. The molecule has 41 heavy (non-hydrogen) atoms. The molecule has 2 rings (SSSR count). The number of nitrogens with one attached hydrogen (secondary N) is 2. The predicted molar refractivity (Wildman–Crippen MR) is 167 cm³/mol. The highest BCUT2D eigenvalue weighted by Gasteiger charge is 2.38. The summed E-state index contributed by atoms with van der Waals surface area (Å²) in [6, 6.07) is 10.1. The fourth-order valence-corrected chi connectivity index (χ4v) is 5.13. The van der Waals surface area contributed by atoms with Crippen LogP contribution in [0.1, 0.15) is 101 Å². The normalized spacial score (nSPS) is 13.0. The summed E-state index contributed by atoms with van der Waals surface area (Å²) in [7, 11) is 0. The van der Waals surface area contributed by atoms with Gasteiger partial charge in [0.15, 0.2) is 0 Å². The number of para-hydroxylation sites is 1. The molecular formula is C34H51N3O4. The number of aryl methyl sites for hydroxylation is 4. The molecular weight excluding hydrogens is 514 g/mol. The third-order valence-corrected chi connectivity index (χ3v) is 7.09. The molecule has 0 aliphatic rings. The Balaban J connectivity index is 2.66. The molecule has 0 aliphatic carbocycles. The number of carbonyl (C=O) groups excluding carboxylic acids is 3. The van der Waals surface area contributed by atoms with E-state index < -0.39 is 23.8 Å². The number of hydrogen-bond acceptors (Lipinski definition) is 4. The molecule has 0 spiro atoms. The van der Waals surface area contributed by atoms with E-state index in [0.717, 1.165) is 52.8 Å². The number of hydrogen-bond donors (Lipinski definition) is 2. The minimum Gasteiger partial charge on any atom is -0.444 e. The standard InChI is InChI=1S/C34H51N3O4/c1-11-12-13-20-37(32(39)27(21-22(2)3)35-33(40)41-34(8,9)10)30(28-23(4)16-14-17-24(28)5)31(38)36-29-25(6)18-15-19-26(29)7/h14-19,22,27,30H,11-13,20-21H2,1-10H3,(H,35,40)(H,36,38). The Kier molecular flexibility index (Phi) is 12.4. The number of benzene rings is 2. The van der Waals surface area contributed by atoms with E-state index in [2.05, 4.69) is 17.6 Å². The van der Waals surface area contributed by atoms with Gasteiger partial charge in [-0.25, -0.2) is 4.79 Å². The highest BCUT2D eigenvalue weighted by atomic mass is 16.6. The number of anilines is 1. The molecule has 2 unspecified atom stereocenters. The van der Waals surface area contributed by atoms with Crippen LogP contribution in [0.2, 0.25) is 0 Å². The van der Waals surface area contributed by atoms with Crippen molar-refractivity contribution in [3.8, 4) is 0 Å². The van der Waals surface area contributed by atoms with Crippen LogP contribution in [0, 0.1) is 33.6 Å². The molecule has 0 saturated carbocycles. The molecule has 2 atom stereocenters. The van der Waals surface area contributed by atoms with E-state index in [9.17, 15) is 14.4 Å². The van der Waals surface area contributed by atoms with E-state index in [4.69, 9.17) is 4.74 Å². The van der Waals surface area contributed by atoms with Gasteiger partial charge in [-0.05, 0) is 95.0 Å². The van der Waals surface area contributed by atoms with Crippen molar-refractivity contribution in [3.63, 3.8) is 0 Å². The van der Waals surface area contributed by atoms with Crippen molar-refractivity contribution in [2.45, 2.75) is 113 Å². The molecule has 0 aromatic heterocycles. The third-order valence-electron chi connectivity index (χ3n) is 7.09. The second kappa shape index (κ2) is 15.0. The highest BCUT2D eigenvalue weighted by molar-refractivity contribution is 6.00. The van der Waals surface area contributed by atoms with Gasteiger partial charge >= 0.3 is 6.09 Å². The first kappa shape index (κ1) is 33.9. The van der Waals surface area contributed by atoms with E-state index in [1.165, 1.54) is 0 Å². The van der Waals surface area contributed by atoms with Crippen LogP contribution in [0.3, 0.4) is 0 Å².